The average molecular weight is 206 g/mol. The number of allylic oxidation sites excluding steroid dienone is 3. The number of rotatable bonds is 2. The summed E-state index contributed by atoms with van der Waals surface area (Å²) in [5.41, 5.74) is 3.02. The van der Waals surface area contributed by atoms with Gasteiger partial charge in [0.2, 0.25) is 0 Å². The van der Waals surface area contributed by atoms with Crippen LogP contribution in [0.25, 0.3) is 0 Å². The van der Waals surface area contributed by atoms with E-state index in [1.165, 1.54) is 17.6 Å². The van der Waals surface area contributed by atoms with E-state index in [1.54, 1.807) is 0 Å². The van der Waals surface area contributed by atoms with Gasteiger partial charge in [-0.05, 0) is 42.7 Å². The minimum atomic E-state index is 0.130. The lowest BCUT2D eigenvalue weighted by Crippen LogP contribution is -2.25. The van der Waals surface area contributed by atoms with Crippen LogP contribution >= 0.6 is 0 Å². The summed E-state index contributed by atoms with van der Waals surface area (Å²) in [7, 11) is 0. The van der Waals surface area contributed by atoms with Crippen LogP contribution in [-0.2, 0) is 0 Å². The summed E-state index contributed by atoms with van der Waals surface area (Å²) in [5, 5.41) is 10.2. The minimum Gasteiger partial charge on any atom is -0.508 e. The highest BCUT2D eigenvalue weighted by Gasteiger charge is 2.58. The second-order valence-corrected chi connectivity index (χ2v) is 6.06. The molecule has 84 valence electrons. The highest BCUT2D eigenvalue weighted by atomic mass is 16.3. The Morgan fingerprint density at radius 3 is 2.67 bits per heavy atom. The summed E-state index contributed by atoms with van der Waals surface area (Å²) < 4.78 is 0. The van der Waals surface area contributed by atoms with E-state index < -0.39 is 0 Å². The molecule has 1 nitrogen and oxygen atoms in total. The van der Waals surface area contributed by atoms with Gasteiger partial charge in [-0.3, -0.25) is 0 Å². The molecule has 2 rings (SSSR count). The van der Waals surface area contributed by atoms with Crippen molar-refractivity contribution in [2.24, 2.45) is 16.7 Å². The lowest BCUT2D eigenvalue weighted by Gasteiger charge is -2.34. The first kappa shape index (κ1) is 10.8. The molecule has 1 fully saturated rings. The molecule has 1 N–H and O–H groups in total. The maximum Gasteiger partial charge on any atom is 0.115 e. The van der Waals surface area contributed by atoms with E-state index in [-0.39, 0.29) is 10.8 Å². The molecular formula is C14H22O. The van der Waals surface area contributed by atoms with Crippen molar-refractivity contribution < 1.29 is 5.11 Å². The maximum absolute atomic E-state index is 10.2. The number of fused-ring (bicyclic) bond motifs is 1. The van der Waals surface area contributed by atoms with Crippen molar-refractivity contribution in [3.8, 4) is 0 Å². The quantitative estimate of drug-likeness (QED) is 0.717. The van der Waals surface area contributed by atoms with Crippen molar-refractivity contribution in [1.29, 1.82) is 0 Å². The summed E-state index contributed by atoms with van der Waals surface area (Å²) in [6.07, 6.45) is 4.28. The van der Waals surface area contributed by atoms with Crippen molar-refractivity contribution in [2.75, 3.05) is 0 Å². The van der Waals surface area contributed by atoms with Crippen molar-refractivity contribution in [3.05, 3.63) is 23.0 Å². The van der Waals surface area contributed by atoms with Gasteiger partial charge in [0.25, 0.3) is 0 Å². The monoisotopic (exact) mass is 206 g/mol. The summed E-state index contributed by atoms with van der Waals surface area (Å²) in [6, 6.07) is 0. The first-order valence-electron chi connectivity index (χ1n) is 5.95. The Hall–Kier alpha value is -0.720. The van der Waals surface area contributed by atoms with Crippen molar-refractivity contribution in [1.82, 2.24) is 0 Å². The zero-order chi connectivity index (χ0) is 11.4. The predicted octanol–water partition coefficient (Wildman–Crippen LogP) is 4.22. The molecule has 0 aromatic rings. The molecule has 0 aromatic heterocycles. The van der Waals surface area contributed by atoms with E-state index >= 15 is 0 Å². The van der Waals surface area contributed by atoms with Gasteiger partial charge in [-0.1, -0.05) is 33.3 Å². The molecule has 0 aromatic carbocycles. The Kier molecular flexibility index (Phi) is 2.09. The molecular weight excluding hydrogens is 184 g/mol. The predicted molar refractivity (Wildman–Crippen MR) is 63.7 cm³/mol. The van der Waals surface area contributed by atoms with Crippen LogP contribution in [0, 0.1) is 16.7 Å². The molecule has 2 unspecified atom stereocenters. The molecule has 15 heavy (non-hydrogen) atoms. The van der Waals surface area contributed by atoms with Crippen molar-refractivity contribution >= 4 is 0 Å². The summed E-state index contributed by atoms with van der Waals surface area (Å²) in [6.45, 7) is 11.1. The molecule has 1 saturated carbocycles. The summed E-state index contributed by atoms with van der Waals surface area (Å²) >= 11 is 0. The zero-order valence-electron chi connectivity index (χ0n) is 10.5. The molecule has 0 radical (unpaired) electrons. The van der Waals surface area contributed by atoms with E-state index in [4.69, 9.17) is 0 Å². The first-order chi connectivity index (χ1) is 6.83. The lowest BCUT2D eigenvalue weighted by atomic mass is 9.70. The fourth-order valence-corrected chi connectivity index (χ4v) is 3.28. The fourth-order valence-electron chi connectivity index (χ4n) is 3.28. The van der Waals surface area contributed by atoms with Gasteiger partial charge in [0, 0.05) is 5.41 Å². The third-order valence-electron chi connectivity index (χ3n) is 4.54. The molecule has 0 saturated heterocycles. The molecule has 0 amide bonds. The molecule has 0 heterocycles. The number of hydrogen-bond acceptors (Lipinski definition) is 1. The van der Waals surface area contributed by atoms with Crippen molar-refractivity contribution in [2.45, 2.75) is 47.5 Å². The summed E-state index contributed by atoms with van der Waals surface area (Å²) in [4.78, 5) is 0. The van der Waals surface area contributed by atoms with Crippen LogP contribution in [-0.4, -0.2) is 5.11 Å². The second kappa shape index (κ2) is 2.90. The Morgan fingerprint density at radius 1 is 1.53 bits per heavy atom. The molecule has 1 heteroatoms. The summed E-state index contributed by atoms with van der Waals surface area (Å²) in [5.74, 6) is 1.23. The Labute approximate surface area is 92.9 Å². The molecule has 0 spiro atoms. The van der Waals surface area contributed by atoms with E-state index in [1.807, 2.05) is 6.08 Å². The average Bonchev–Trinajstić information content (AvgIpc) is 2.77. The van der Waals surface area contributed by atoms with Crippen LogP contribution < -0.4 is 0 Å². The Balaban J connectivity index is 2.50. The molecule has 2 aliphatic carbocycles. The molecule has 0 aliphatic heterocycles. The molecule has 0 bridgehead atoms. The SMILES string of the molecule is CCC(C)(C)C1=C(O)C=C(C)C2CC12C. The van der Waals surface area contributed by atoms with Gasteiger partial charge in [-0.15, -0.1) is 0 Å². The van der Waals surface area contributed by atoms with E-state index in [0.29, 0.717) is 11.7 Å². The van der Waals surface area contributed by atoms with Gasteiger partial charge in [0.05, 0.1) is 0 Å². The van der Waals surface area contributed by atoms with Gasteiger partial charge in [0.15, 0.2) is 0 Å². The minimum absolute atomic E-state index is 0.130. The Morgan fingerprint density at radius 2 is 2.13 bits per heavy atom. The third kappa shape index (κ3) is 1.36. The van der Waals surface area contributed by atoms with Gasteiger partial charge < -0.3 is 5.11 Å². The second-order valence-electron chi connectivity index (χ2n) is 6.06. The van der Waals surface area contributed by atoms with Gasteiger partial charge in [-0.2, -0.15) is 0 Å². The topological polar surface area (TPSA) is 20.2 Å². The number of hydrogen-bond donors (Lipinski definition) is 1. The molecule has 2 aliphatic rings. The largest absolute Gasteiger partial charge is 0.508 e. The third-order valence-corrected chi connectivity index (χ3v) is 4.54. The van der Waals surface area contributed by atoms with E-state index in [2.05, 4.69) is 34.6 Å². The van der Waals surface area contributed by atoms with Crippen LogP contribution in [0.3, 0.4) is 0 Å². The van der Waals surface area contributed by atoms with Gasteiger partial charge in [0.1, 0.15) is 5.76 Å². The van der Waals surface area contributed by atoms with Crippen LogP contribution in [0.15, 0.2) is 23.0 Å². The smallest absolute Gasteiger partial charge is 0.115 e. The highest BCUT2D eigenvalue weighted by Crippen LogP contribution is 2.67. The highest BCUT2D eigenvalue weighted by molar-refractivity contribution is 5.45. The van der Waals surface area contributed by atoms with Crippen LogP contribution in [0.1, 0.15) is 47.5 Å². The lowest BCUT2D eigenvalue weighted by molar-refractivity contribution is 0.312. The van der Waals surface area contributed by atoms with Gasteiger partial charge >= 0.3 is 0 Å². The van der Waals surface area contributed by atoms with E-state index in [9.17, 15) is 5.11 Å². The van der Waals surface area contributed by atoms with Crippen LogP contribution in [0.2, 0.25) is 0 Å². The Bertz CT molecular complexity index is 353. The van der Waals surface area contributed by atoms with Crippen molar-refractivity contribution in [3.63, 3.8) is 0 Å². The zero-order valence-corrected chi connectivity index (χ0v) is 10.5. The van der Waals surface area contributed by atoms with E-state index in [0.717, 1.165) is 6.42 Å². The van der Waals surface area contributed by atoms with Gasteiger partial charge in [-0.25, -0.2) is 0 Å². The standard InChI is InChI=1S/C14H22O/c1-6-13(3,4)12-11(15)7-9(2)10-8-14(10,12)5/h7,10,15H,6,8H2,1-5H3. The fraction of sp³-hybridized carbons (Fsp3) is 0.714. The number of aliphatic hydroxyl groups is 1. The van der Waals surface area contributed by atoms with Crippen LogP contribution in [0.5, 0.6) is 0 Å². The molecule has 2 atom stereocenters. The normalized spacial score (nSPS) is 35.0. The van der Waals surface area contributed by atoms with Crippen LogP contribution in [0.4, 0.5) is 0 Å². The number of aliphatic hydroxyl groups excluding tert-OH is 1. The first-order valence-corrected chi connectivity index (χ1v) is 5.95. The maximum atomic E-state index is 10.2.